The molecule has 0 aliphatic rings. The van der Waals surface area contributed by atoms with Crippen molar-refractivity contribution in [2.24, 2.45) is 0 Å². The average Bonchev–Trinajstić information content (AvgIpc) is 2.53. The van der Waals surface area contributed by atoms with E-state index in [1.165, 1.54) is 18.2 Å². The van der Waals surface area contributed by atoms with Gasteiger partial charge in [0.05, 0.1) is 0 Å². The maximum absolute atomic E-state index is 13.9. The number of rotatable bonds is 8. The first-order chi connectivity index (χ1) is 12.4. The van der Waals surface area contributed by atoms with Crippen molar-refractivity contribution in [3.63, 3.8) is 0 Å². The van der Waals surface area contributed by atoms with Crippen molar-refractivity contribution in [3.8, 4) is 0 Å². The van der Waals surface area contributed by atoms with Gasteiger partial charge in [0.2, 0.25) is 0 Å². The van der Waals surface area contributed by atoms with Gasteiger partial charge >= 0.3 is 29.2 Å². The van der Waals surface area contributed by atoms with Gasteiger partial charge in [0, 0.05) is 6.54 Å². The summed E-state index contributed by atoms with van der Waals surface area (Å²) in [5.74, 6) is -17.0. The Morgan fingerprint density at radius 2 is 1.36 bits per heavy atom. The van der Waals surface area contributed by atoms with Gasteiger partial charge in [0.25, 0.3) is 10.0 Å². The monoisotopic (exact) mass is 447 g/mol. The highest BCUT2D eigenvalue weighted by Gasteiger charge is 2.85. The first-order valence-corrected chi connectivity index (χ1v) is 8.29. The summed E-state index contributed by atoms with van der Waals surface area (Å²) >= 11 is 0. The Kier molecular flexibility index (Phi) is 6.36. The lowest BCUT2D eigenvalue weighted by molar-refractivity contribution is -0.382. The number of benzene rings is 1. The smallest absolute Gasteiger partial charge is 0.460 e. The van der Waals surface area contributed by atoms with Crippen LogP contribution in [0.1, 0.15) is 5.56 Å². The van der Waals surface area contributed by atoms with Crippen LogP contribution in [0.25, 0.3) is 0 Å². The number of alkyl halides is 9. The number of aliphatic carboxylic acids is 1. The van der Waals surface area contributed by atoms with E-state index in [2.05, 4.69) is 0 Å². The fourth-order valence-electron chi connectivity index (χ4n) is 1.85. The predicted octanol–water partition coefficient (Wildman–Crippen LogP) is 3.33. The lowest BCUT2D eigenvalue weighted by Crippen LogP contribution is -2.65. The van der Waals surface area contributed by atoms with Gasteiger partial charge in [-0.25, -0.2) is 8.42 Å². The molecule has 0 bridgehead atoms. The van der Waals surface area contributed by atoms with E-state index in [0.29, 0.717) is 0 Å². The van der Waals surface area contributed by atoms with Gasteiger partial charge in [-0.05, 0) is 5.56 Å². The number of sulfonamides is 1. The zero-order chi connectivity index (χ0) is 22.2. The minimum atomic E-state index is -7.44. The molecule has 0 heterocycles. The second-order valence-electron chi connectivity index (χ2n) is 5.32. The molecule has 0 atom stereocenters. The van der Waals surface area contributed by atoms with Crippen LogP contribution >= 0.6 is 0 Å². The van der Waals surface area contributed by atoms with Gasteiger partial charge in [-0.15, -0.1) is 0 Å². The molecule has 1 aromatic rings. The zero-order valence-electron chi connectivity index (χ0n) is 13.2. The van der Waals surface area contributed by atoms with Gasteiger partial charge in [-0.3, -0.25) is 4.79 Å². The molecule has 5 nitrogen and oxygen atoms in total. The molecular formula is C13H10F9NO4S. The molecule has 0 aromatic heterocycles. The second kappa shape index (κ2) is 7.42. The summed E-state index contributed by atoms with van der Waals surface area (Å²) in [7, 11) is -7.01. The highest BCUT2D eigenvalue weighted by molar-refractivity contribution is 7.90. The molecule has 0 spiro atoms. The van der Waals surface area contributed by atoms with Crippen LogP contribution in [0.5, 0.6) is 0 Å². The Labute approximate surface area is 151 Å². The SMILES string of the molecule is O=C(O)CN(Cc1ccccc1)S(=O)(=O)C(F)(F)C(F)(F)C(F)(F)C(F)(F)F. The molecule has 0 saturated carbocycles. The van der Waals surface area contributed by atoms with E-state index in [9.17, 15) is 52.7 Å². The highest BCUT2D eigenvalue weighted by Crippen LogP contribution is 2.55. The summed E-state index contributed by atoms with van der Waals surface area (Å²) in [5.41, 5.74) is -0.228. The largest absolute Gasteiger partial charge is 0.480 e. The van der Waals surface area contributed by atoms with Crippen LogP contribution in [0, 0.1) is 0 Å². The van der Waals surface area contributed by atoms with Crippen molar-refractivity contribution in [1.82, 2.24) is 4.31 Å². The molecule has 1 aromatic carbocycles. The Bertz CT molecular complexity index is 809. The molecule has 160 valence electrons. The molecule has 15 heteroatoms. The summed E-state index contributed by atoms with van der Waals surface area (Å²) < 4.78 is 140. The van der Waals surface area contributed by atoms with Crippen molar-refractivity contribution >= 4 is 16.0 Å². The lowest BCUT2D eigenvalue weighted by atomic mass is 10.1. The molecule has 0 saturated heterocycles. The summed E-state index contributed by atoms with van der Waals surface area (Å²) in [4.78, 5) is 10.7. The van der Waals surface area contributed by atoms with Crippen molar-refractivity contribution in [1.29, 1.82) is 0 Å². The minimum absolute atomic E-state index is 0.228. The van der Waals surface area contributed by atoms with E-state index in [-0.39, 0.29) is 5.56 Å². The topological polar surface area (TPSA) is 74.7 Å². The third kappa shape index (κ3) is 4.04. The first kappa shape index (κ1) is 24.0. The normalized spacial score (nSPS) is 14.4. The molecule has 28 heavy (non-hydrogen) atoms. The van der Waals surface area contributed by atoms with Crippen LogP contribution in [0.3, 0.4) is 0 Å². The molecule has 0 unspecified atom stereocenters. The molecule has 1 N–H and O–H groups in total. The van der Waals surface area contributed by atoms with E-state index in [0.717, 1.165) is 12.1 Å². The number of hydrogen-bond acceptors (Lipinski definition) is 3. The van der Waals surface area contributed by atoms with E-state index in [1.54, 1.807) is 0 Å². The lowest BCUT2D eigenvalue weighted by Gasteiger charge is -2.35. The maximum Gasteiger partial charge on any atom is 0.460 e. The van der Waals surface area contributed by atoms with Gasteiger partial charge < -0.3 is 5.11 Å². The van der Waals surface area contributed by atoms with Crippen LogP contribution in [-0.2, 0) is 21.4 Å². The Balaban J connectivity index is 3.49. The summed E-state index contributed by atoms with van der Waals surface area (Å²) in [6.07, 6.45) is -7.22. The van der Waals surface area contributed by atoms with Crippen LogP contribution in [0.4, 0.5) is 39.5 Å². The minimum Gasteiger partial charge on any atom is -0.480 e. The van der Waals surface area contributed by atoms with E-state index in [4.69, 9.17) is 5.11 Å². The van der Waals surface area contributed by atoms with Crippen molar-refractivity contribution in [2.45, 2.75) is 29.8 Å². The van der Waals surface area contributed by atoms with E-state index in [1.807, 2.05) is 0 Å². The molecule has 0 radical (unpaired) electrons. The third-order valence-corrected chi connectivity index (χ3v) is 5.14. The van der Waals surface area contributed by atoms with Gasteiger partial charge in [-0.2, -0.15) is 43.8 Å². The number of carboxylic acid groups (broad SMARTS) is 1. The van der Waals surface area contributed by atoms with Crippen molar-refractivity contribution in [3.05, 3.63) is 35.9 Å². The second-order valence-corrected chi connectivity index (χ2v) is 7.30. The average molecular weight is 447 g/mol. The van der Waals surface area contributed by atoms with E-state index < -0.39 is 56.7 Å². The first-order valence-electron chi connectivity index (χ1n) is 6.85. The third-order valence-electron chi connectivity index (χ3n) is 3.29. The maximum atomic E-state index is 13.9. The quantitative estimate of drug-likeness (QED) is 0.621. The number of carboxylic acids is 1. The molecule has 1 rings (SSSR count). The number of hydrogen-bond donors (Lipinski definition) is 1. The van der Waals surface area contributed by atoms with E-state index >= 15 is 0 Å². The standard InChI is InChI=1S/C13H10F9NO4S/c14-10(15,12(18,19)20)11(16,17)13(21,22)28(26,27)23(7-9(24)25)6-8-4-2-1-3-5-8/h1-5H,6-7H2,(H,24,25). The molecule has 0 aliphatic carbocycles. The fraction of sp³-hybridized carbons (Fsp3) is 0.462. The van der Waals surface area contributed by atoms with Crippen LogP contribution in [0.15, 0.2) is 30.3 Å². The molecule has 0 aliphatic heterocycles. The number of carbonyl (C=O) groups is 1. The number of nitrogens with zero attached hydrogens (tertiary/aromatic N) is 1. The number of halogens is 9. The zero-order valence-corrected chi connectivity index (χ0v) is 14.0. The van der Waals surface area contributed by atoms with Gasteiger partial charge in [0.15, 0.2) is 0 Å². The molecule has 0 amide bonds. The fourth-order valence-corrected chi connectivity index (χ4v) is 3.22. The van der Waals surface area contributed by atoms with Crippen molar-refractivity contribution in [2.75, 3.05) is 6.54 Å². The predicted molar refractivity (Wildman–Crippen MR) is 74.3 cm³/mol. The molecule has 0 fully saturated rings. The summed E-state index contributed by atoms with van der Waals surface area (Å²) in [6.45, 7) is -3.21. The van der Waals surface area contributed by atoms with Crippen LogP contribution < -0.4 is 0 Å². The Hall–Kier alpha value is -2.03. The highest BCUT2D eigenvalue weighted by atomic mass is 32.2. The Morgan fingerprint density at radius 3 is 1.75 bits per heavy atom. The Morgan fingerprint density at radius 1 is 0.893 bits per heavy atom. The van der Waals surface area contributed by atoms with Crippen LogP contribution in [-0.4, -0.2) is 53.6 Å². The summed E-state index contributed by atoms with van der Waals surface area (Å²) in [6, 6.07) is 5.87. The molecular weight excluding hydrogens is 437 g/mol. The van der Waals surface area contributed by atoms with Gasteiger partial charge in [-0.1, -0.05) is 30.3 Å². The van der Waals surface area contributed by atoms with Crippen LogP contribution in [0.2, 0.25) is 0 Å². The van der Waals surface area contributed by atoms with Crippen molar-refractivity contribution < 1.29 is 57.8 Å². The van der Waals surface area contributed by atoms with Gasteiger partial charge in [0.1, 0.15) is 6.54 Å². The summed E-state index contributed by atoms with van der Waals surface area (Å²) in [5, 5.41) is 1.62.